The molecule has 0 aliphatic rings. The molecule has 3 aromatic heterocycles. The molecule has 5 rings (SSSR count). The van der Waals surface area contributed by atoms with Crippen molar-refractivity contribution in [2.75, 3.05) is 21.2 Å². The molecular formula is C31H31F2N7O4. The van der Waals surface area contributed by atoms with Crippen molar-refractivity contribution in [3.63, 3.8) is 0 Å². The summed E-state index contributed by atoms with van der Waals surface area (Å²) in [7, 11) is 5.02. The molecule has 0 saturated heterocycles. The second-order valence-corrected chi connectivity index (χ2v) is 10.6. The van der Waals surface area contributed by atoms with E-state index in [2.05, 4.69) is 15.3 Å². The highest BCUT2D eigenvalue weighted by molar-refractivity contribution is 5.81. The van der Waals surface area contributed by atoms with Gasteiger partial charge in [-0.05, 0) is 56.4 Å². The van der Waals surface area contributed by atoms with E-state index in [1.54, 1.807) is 12.1 Å². The molecule has 11 nitrogen and oxygen atoms in total. The first kappa shape index (κ1) is 30.4. The number of nitrogens with zero attached hydrogens (tertiary/aromatic N) is 7. The SMILES string of the molecule is CCCC(=O)Cc1ccc(-n2nc3c(c2CN(C)C)c(=O)n(-c2ccc(OC)nn2)c(=O)n3Cc2c(F)cccc2F)cc1. The normalized spacial score (nSPS) is 11.4. The van der Waals surface area contributed by atoms with Crippen LogP contribution in [-0.2, 0) is 24.3 Å². The molecule has 0 bridgehead atoms. The predicted octanol–water partition coefficient (Wildman–Crippen LogP) is 3.44. The third-order valence-corrected chi connectivity index (χ3v) is 7.08. The standard InChI is InChI=1S/C31H31F2N7O4/c1-5-7-21(41)16-19-10-12-20(13-11-19)40-25(18-37(2)3)28-29(36-40)38(17-22-23(32)8-6-9-24(22)33)31(43)39(30(28)42)26-14-15-27(44-4)35-34-26/h6,8-15H,5,7,16-18H2,1-4H3. The number of carbonyl (C=O) groups is 1. The van der Waals surface area contributed by atoms with Gasteiger partial charge in [-0.25, -0.2) is 22.8 Å². The highest BCUT2D eigenvalue weighted by Gasteiger charge is 2.26. The van der Waals surface area contributed by atoms with E-state index < -0.39 is 29.4 Å². The van der Waals surface area contributed by atoms with Gasteiger partial charge in [0.25, 0.3) is 5.56 Å². The van der Waals surface area contributed by atoms with Gasteiger partial charge in [0.15, 0.2) is 11.5 Å². The lowest BCUT2D eigenvalue weighted by Crippen LogP contribution is -2.40. The minimum atomic E-state index is -0.907. The number of fused-ring (bicyclic) bond motifs is 1. The van der Waals surface area contributed by atoms with E-state index in [1.807, 2.05) is 38.1 Å². The molecule has 2 aromatic carbocycles. The minimum Gasteiger partial charge on any atom is -0.480 e. The van der Waals surface area contributed by atoms with E-state index in [9.17, 15) is 23.2 Å². The van der Waals surface area contributed by atoms with Crippen LogP contribution in [0.5, 0.6) is 5.88 Å². The quantitative estimate of drug-likeness (QED) is 0.226. The first-order chi connectivity index (χ1) is 21.1. The van der Waals surface area contributed by atoms with Gasteiger partial charge in [0, 0.05) is 31.0 Å². The molecule has 5 aromatic rings. The van der Waals surface area contributed by atoms with E-state index in [1.165, 1.54) is 30.0 Å². The molecule has 0 aliphatic heterocycles. The fraction of sp³-hybridized carbons (Fsp3) is 0.290. The molecule has 0 fully saturated rings. The maximum Gasteiger partial charge on any atom is 0.338 e. The van der Waals surface area contributed by atoms with Crippen LogP contribution in [0.2, 0.25) is 0 Å². The number of halogens is 2. The highest BCUT2D eigenvalue weighted by Crippen LogP contribution is 2.23. The van der Waals surface area contributed by atoms with Crippen molar-refractivity contribution >= 4 is 16.8 Å². The number of ketones is 1. The monoisotopic (exact) mass is 603 g/mol. The Kier molecular flexibility index (Phi) is 8.76. The Morgan fingerprint density at radius 3 is 2.27 bits per heavy atom. The lowest BCUT2D eigenvalue weighted by molar-refractivity contribution is -0.118. The van der Waals surface area contributed by atoms with Crippen molar-refractivity contribution in [1.29, 1.82) is 0 Å². The van der Waals surface area contributed by atoms with Crippen LogP contribution >= 0.6 is 0 Å². The third-order valence-electron chi connectivity index (χ3n) is 7.08. The predicted molar refractivity (Wildman–Crippen MR) is 160 cm³/mol. The van der Waals surface area contributed by atoms with Crippen LogP contribution in [0.15, 0.2) is 64.2 Å². The molecule has 0 amide bonds. The highest BCUT2D eigenvalue weighted by atomic mass is 19.1. The Morgan fingerprint density at radius 2 is 1.68 bits per heavy atom. The topological polar surface area (TPSA) is 117 Å². The fourth-order valence-corrected chi connectivity index (χ4v) is 4.99. The maximum absolute atomic E-state index is 14.8. The van der Waals surface area contributed by atoms with Gasteiger partial charge in [0.05, 0.1) is 25.0 Å². The molecular weight excluding hydrogens is 572 g/mol. The Bertz CT molecular complexity index is 1930. The first-order valence-electron chi connectivity index (χ1n) is 14.0. The number of benzene rings is 2. The lowest BCUT2D eigenvalue weighted by atomic mass is 10.1. The van der Waals surface area contributed by atoms with Crippen LogP contribution < -0.4 is 16.0 Å². The summed E-state index contributed by atoms with van der Waals surface area (Å²) in [6.45, 7) is 1.63. The van der Waals surface area contributed by atoms with Crippen LogP contribution in [0.1, 0.15) is 36.6 Å². The van der Waals surface area contributed by atoms with Gasteiger partial charge in [-0.3, -0.25) is 14.2 Å². The van der Waals surface area contributed by atoms with Crippen LogP contribution in [0.3, 0.4) is 0 Å². The Morgan fingerprint density at radius 1 is 0.977 bits per heavy atom. The zero-order valence-corrected chi connectivity index (χ0v) is 24.8. The number of hydrogen-bond acceptors (Lipinski definition) is 8. The lowest BCUT2D eigenvalue weighted by Gasteiger charge is -2.14. The number of carbonyl (C=O) groups excluding carboxylic acids is 1. The summed E-state index contributed by atoms with van der Waals surface area (Å²) < 4.78 is 38.1. The van der Waals surface area contributed by atoms with E-state index in [-0.39, 0.29) is 40.6 Å². The molecule has 0 saturated carbocycles. The number of Topliss-reactive ketones (excluding diaryl/α,β-unsaturated/α-hetero) is 1. The molecule has 228 valence electrons. The first-order valence-corrected chi connectivity index (χ1v) is 14.0. The van der Waals surface area contributed by atoms with Crippen LogP contribution in [0, 0.1) is 11.6 Å². The van der Waals surface area contributed by atoms with Gasteiger partial charge < -0.3 is 9.64 Å². The van der Waals surface area contributed by atoms with Gasteiger partial charge in [0.1, 0.15) is 22.8 Å². The van der Waals surface area contributed by atoms with Crippen molar-refractivity contribution in [1.82, 2.24) is 34.0 Å². The minimum absolute atomic E-state index is 0.0561. The molecule has 0 N–H and O–H groups in total. The fourth-order valence-electron chi connectivity index (χ4n) is 4.99. The van der Waals surface area contributed by atoms with Gasteiger partial charge in [-0.1, -0.05) is 25.1 Å². The summed E-state index contributed by atoms with van der Waals surface area (Å²) in [6, 6.07) is 13.4. The molecule has 0 atom stereocenters. The number of rotatable bonds is 11. The molecule has 0 spiro atoms. The van der Waals surface area contributed by atoms with E-state index >= 15 is 0 Å². The van der Waals surface area contributed by atoms with Crippen molar-refractivity contribution in [3.05, 3.63) is 104 Å². The molecule has 13 heteroatoms. The van der Waals surface area contributed by atoms with E-state index in [0.717, 1.165) is 33.3 Å². The average molecular weight is 604 g/mol. The Balaban J connectivity index is 1.79. The average Bonchev–Trinajstić information content (AvgIpc) is 3.36. The van der Waals surface area contributed by atoms with Crippen molar-refractivity contribution in [3.8, 4) is 17.4 Å². The zero-order valence-electron chi connectivity index (χ0n) is 24.8. The number of ether oxygens (including phenoxy) is 1. The zero-order chi connectivity index (χ0) is 31.5. The molecule has 0 radical (unpaired) electrons. The summed E-state index contributed by atoms with van der Waals surface area (Å²) in [5.41, 5.74) is -0.231. The third kappa shape index (κ3) is 5.91. The van der Waals surface area contributed by atoms with Gasteiger partial charge >= 0.3 is 5.69 Å². The smallest absolute Gasteiger partial charge is 0.338 e. The van der Waals surface area contributed by atoms with Gasteiger partial charge in [0.2, 0.25) is 5.88 Å². The molecule has 3 heterocycles. The Labute approximate surface area is 250 Å². The summed E-state index contributed by atoms with van der Waals surface area (Å²) >= 11 is 0. The van der Waals surface area contributed by atoms with Gasteiger partial charge in [-0.15, -0.1) is 15.3 Å². The second kappa shape index (κ2) is 12.7. The van der Waals surface area contributed by atoms with E-state index in [0.29, 0.717) is 24.2 Å². The van der Waals surface area contributed by atoms with Gasteiger partial charge in [-0.2, -0.15) is 0 Å². The van der Waals surface area contributed by atoms with Crippen molar-refractivity contribution < 1.29 is 18.3 Å². The summed E-state index contributed by atoms with van der Waals surface area (Å²) in [5, 5.41) is 12.6. The van der Waals surface area contributed by atoms with E-state index in [4.69, 9.17) is 4.74 Å². The summed E-state index contributed by atoms with van der Waals surface area (Å²) in [4.78, 5) is 42.1. The second-order valence-electron chi connectivity index (χ2n) is 10.6. The van der Waals surface area contributed by atoms with Crippen LogP contribution in [0.25, 0.3) is 22.5 Å². The van der Waals surface area contributed by atoms with Crippen LogP contribution in [-0.4, -0.2) is 61.0 Å². The van der Waals surface area contributed by atoms with Crippen LogP contribution in [0.4, 0.5) is 8.78 Å². The maximum atomic E-state index is 14.8. The number of methoxy groups -OCH3 is 1. The van der Waals surface area contributed by atoms with Crippen molar-refractivity contribution in [2.24, 2.45) is 0 Å². The molecule has 0 unspecified atom stereocenters. The number of hydrogen-bond donors (Lipinski definition) is 0. The molecule has 0 aliphatic carbocycles. The molecule has 44 heavy (non-hydrogen) atoms. The Hall–Kier alpha value is -5.04. The summed E-state index contributed by atoms with van der Waals surface area (Å²) in [6.07, 6.45) is 1.55. The number of aromatic nitrogens is 6. The largest absolute Gasteiger partial charge is 0.480 e. The van der Waals surface area contributed by atoms with Crippen molar-refractivity contribution in [2.45, 2.75) is 39.3 Å². The summed E-state index contributed by atoms with van der Waals surface area (Å²) in [5.74, 6) is -1.51.